The molecular formula is C23H27N3O. The highest BCUT2D eigenvalue weighted by Gasteiger charge is 2.23. The molecule has 2 aromatic rings. The predicted molar refractivity (Wildman–Crippen MR) is 107 cm³/mol. The van der Waals surface area contributed by atoms with Crippen LogP contribution in [0.1, 0.15) is 62.5 Å². The summed E-state index contributed by atoms with van der Waals surface area (Å²) in [6, 6.07) is 9.51. The highest BCUT2D eigenvalue weighted by Crippen LogP contribution is 2.33. The lowest BCUT2D eigenvalue weighted by atomic mass is 9.84. The Labute approximate surface area is 161 Å². The summed E-state index contributed by atoms with van der Waals surface area (Å²) in [5.74, 6) is 1.23. The lowest BCUT2D eigenvalue weighted by Gasteiger charge is -2.28. The van der Waals surface area contributed by atoms with Gasteiger partial charge in [-0.1, -0.05) is 25.5 Å². The van der Waals surface area contributed by atoms with Crippen molar-refractivity contribution < 1.29 is 4.74 Å². The minimum absolute atomic E-state index is 0.381. The van der Waals surface area contributed by atoms with Crippen LogP contribution in [0.15, 0.2) is 48.8 Å². The number of hydrogen-bond donors (Lipinski definition) is 0. The maximum absolute atomic E-state index is 8.89. The van der Waals surface area contributed by atoms with E-state index >= 15 is 0 Å². The first kappa shape index (κ1) is 19.3. The van der Waals surface area contributed by atoms with Gasteiger partial charge in [-0.15, -0.1) is 0 Å². The molecule has 4 heteroatoms. The highest BCUT2D eigenvalue weighted by molar-refractivity contribution is 5.56. The van der Waals surface area contributed by atoms with Gasteiger partial charge in [0, 0.05) is 18.0 Å². The van der Waals surface area contributed by atoms with Gasteiger partial charge in [-0.3, -0.25) is 0 Å². The van der Waals surface area contributed by atoms with E-state index in [1.165, 1.54) is 12.0 Å². The molecular weight excluding hydrogens is 334 g/mol. The number of benzene rings is 1. The molecule has 0 saturated heterocycles. The molecule has 140 valence electrons. The summed E-state index contributed by atoms with van der Waals surface area (Å²) >= 11 is 0. The Bertz CT molecular complexity index is 767. The normalized spacial score (nSPS) is 19.9. The molecule has 1 aliphatic carbocycles. The first-order chi connectivity index (χ1) is 13.3. The van der Waals surface area contributed by atoms with Crippen LogP contribution in [0.25, 0.3) is 11.4 Å². The smallest absolute Gasteiger partial charge is 0.159 e. The van der Waals surface area contributed by atoms with Gasteiger partial charge >= 0.3 is 0 Å². The van der Waals surface area contributed by atoms with Crippen molar-refractivity contribution in [3.8, 4) is 17.5 Å². The predicted octanol–water partition coefficient (Wildman–Crippen LogP) is 5.41. The molecule has 0 N–H and O–H groups in total. The number of unbranched alkanes of at least 4 members (excludes halogenated alkanes) is 1. The largest absolute Gasteiger partial charge is 0.374 e. The minimum Gasteiger partial charge on any atom is -0.374 e. The number of ether oxygens (including phenoxy) is 1. The molecule has 0 unspecified atom stereocenters. The van der Waals surface area contributed by atoms with Crippen molar-refractivity contribution in [3.05, 3.63) is 59.9 Å². The van der Waals surface area contributed by atoms with Gasteiger partial charge in [-0.05, 0) is 67.9 Å². The molecule has 0 spiro atoms. The van der Waals surface area contributed by atoms with E-state index in [4.69, 9.17) is 10.00 Å². The third kappa shape index (κ3) is 5.48. The summed E-state index contributed by atoms with van der Waals surface area (Å²) in [5, 5.41) is 8.89. The van der Waals surface area contributed by atoms with E-state index in [9.17, 15) is 0 Å². The number of nitrogens with zero attached hydrogens (tertiary/aromatic N) is 3. The van der Waals surface area contributed by atoms with Crippen LogP contribution < -0.4 is 0 Å². The Morgan fingerprint density at radius 2 is 1.78 bits per heavy atom. The van der Waals surface area contributed by atoms with E-state index in [-0.39, 0.29) is 0 Å². The van der Waals surface area contributed by atoms with Crippen molar-refractivity contribution in [1.29, 1.82) is 5.26 Å². The van der Waals surface area contributed by atoms with Crippen LogP contribution in [0.2, 0.25) is 0 Å². The van der Waals surface area contributed by atoms with E-state index in [1.807, 2.05) is 24.5 Å². The fourth-order valence-electron chi connectivity index (χ4n) is 3.50. The Morgan fingerprint density at radius 1 is 1.07 bits per heavy atom. The standard InChI is InChI=1S/C23H27N3O/c1-2-3-4-5-14-27-22-12-10-19(11-13-22)21-16-25-23(26-17-21)20-8-6-18(15-24)7-9-20/h4-9,16-17,19,22H,2-3,10-14H2,1H3. The van der Waals surface area contributed by atoms with E-state index in [2.05, 4.69) is 35.1 Å². The summed E-state index contributed by atoms with van der Waals surface area (Å²) < 4.78 is 5.97. The van der Waals surface area contributed by atoms with E-state index in [0.717, 1.165) is 44.3 Å². The Morgan fingerprint density at radius 3 is 2.41 bits per heavy atom. The van der Waals surface area contributed by atoms with Gasteiger partial charge in [0.05, 0.1) is 24.3 Å². The number of rotatable bonds is 7. The fraction of sp³-hybridized carbons (Fsp3) is 0.435. The molecule has 4 nitrogen and oxygen atoms in total. The summed E-state index contributed by atoms with van der Waals surface area (Å²) in [6.07, 6.45) is 15.4. The molecule has 1 aliphatic rings. The first-order valence-corrected chi connectivity index (χ1v) is 9.89. The molecule has 1 aromatic carbocycles. The molecule has 0 radical (unpaired) electrons. The Kier molecular flexibility index (Phi) is 7.12. The van der Waals surface area contributed by atoms with Crippen molar-refractivity contribution in [3.63, 3.8) is 0 Å². The van der Waals surface area contributed by atoms with E-state index in [1.54, 1.807) is 12.1 Å². The van der Waals surface area contributed by atoms with Crippen molar-refractivity contribution in [2.75, 3.05) is 6.61 Å². The average Bonchev–Trinajstić information content (AvgIpc) is 2.74. The lowest BCUT2D eigenvalue weighted by molar-refractivity contribution is 0.0421. The molecule has 0 amide bonds. The van der Waals surface area contributed by atoms with Gasteiger partial charge in [0.15, 0.2) is 5.82 Å². The quantitative estimate of drug-likeness (QED) is 0.618. The second kappa shape index (κ2) is 9.99. The van der Waals surface area contributed by atoms with Gasteiger partial charge in [0.25, 0.3) is 0 Å². The number of hydrogen-bond acceptors (Lipinski definition) is 4. The molecule has 1 fully saturated rings. The lowest BCUT2D eigenvalue weighted by Crippen LogP contribution is -2.21. The number of aromatic nitrogens is 2. The van der Waals surface area contributed by atoms with Crippen LogP contribution >= 0.6 is 0 Å². The van der Waals surface area contributed by atoms with Gasteiger partial charge in [-0.2, -0.15) is 5.26 Å². The third-order valence-electron chi connectivity index (χ3n) is 5.14. The van der Waals surface area contributed by atoms with Gasteiger partial charge in [-0.25, -0.2) is 9.97 Å². The van der Waals surface area contributed by atoms with Crippen molar-refractivity contribution in [1.82, 2.24) is 9.97 Å². The summed E-state index contributed by atoms with van der Waals surface area (Å²) in [6.45, 7) is 2.92. The van der Waals surface area contributed by atoms with Crippen molar-refractivity contribution in [2.45, 2.75) is 57.5 Å². The highest BCUT2D eigenvalue weighted by atomic mass is 16.5. The van der Waals surface area contributed by atoms with Crippen LogP contribution in [0.3, 0.4) is 0 Å². The van der Waals surface area contributed by atoms with Crippen molar-refractivity contribution >= 4 is 0 Å². The third-order valence-corrected chi connectivity index (χ3v) is 5.14. The monoisotopic (exact) mass is 361 g/mol. The molecule has 0 bridgehead atoms. The molecule has 27 heavy (non-hydrogen) atoms. The van der Waals surface area contributed by atoms with Gasteiger partial charge in [0.2, 0.25) is 0 Å². The van der Waals surface area contributed by atoms with Crippen LogP contribution in [0.5, 0.6) is 0 Å². The molecule has 0 aliphatic heterocycles. The zero-order valence-electron chi connectivity index (χ0n) is 16.0. The van der Waals surface area contributed by atoms with Crippen LogP contribution in [-0.2, 0) is 4.74 Å². The zero-order chi connectivity index (χ0) is 18.9. The minimum atomic E-state index is 0.381. The zero-order valence-corrected chi connectivity index (χ0v) is 16.0. The molecule has 1 aromatic heterocycles. The molecule has 3 rings (SSSR count). The van der Waals surface area contributed by atoms with Crippen LogP contribution in [0.4, 0.5) is 0 Å². The average molecular weight is 361 g/mol. The number of nitriles is 1. The fourth-order valence-corrected chi connectivity index (χ4v) is 3.50. The van der Waals surface area contributed by atoms with Crippen LogP contribution in [-0.4, -0.2) is 22.7 Å². The topological polar surface area (TPSA) is 58.8 Å². The number of allylic oxidation sites excluding steroid dienone is 1. The van der Waals surface area contributed by atoms with E-state index in [0.29, 0.717) is 23.4 Å². The Hall–Kier alpha value is -2.51. The molecule has 0 atom stereocenters. The summed E-state index contributed by atoms with van der Waals surface area (Å²) in [4.78, 5) is 9.08. The second-order valence-electron chi connectivity index (χ2n) is 7.10. The van der Waals surface area contributed by atoms with Gasteiger partial charge in [0.1, 0.15) is 0 Å². The van der Waals surface area contributed by atoms with E-state index < -0.39 is 0 Å². The Balaban J connectivity index is 1.50. The summed E-state index contributed by atoms with van der Waals surface area (Å²) in [5.41, 5.74) is 2.80. The molecule has 1 heterocycles. The maximum Gasteiger partial charge on any atom is 0.159 e. The first-order valence-electron chi connectivity index (χ1n) is 9.89. The second-order valence-corrected chi connectivity index (χ2v) is 7.10. The van der Waals surface area contributed by atoms with Crippen LogP contribution in [0, 0.1) is 11.3 Å². The maximum atomic E-state index is 8.89. The summed E-state index contributed by atoms with van der Waals surface area (Å²) in [7, 11) is 0. The SMILES string of the molecule is CCCC=CCOC1CCC(c2cnc(-c3ccc(C#N)cc3)nc2)CC1. The van der Waals surface area contributed by atoms with Gasteiger partial charge < -0.3 is 4.74 Å². The van der Waals surface area contributed by atoms with Crippen molar-refractivity contribution in [2.24, 2.45) is 0 Å². The molecule has 1 saturated carbocycles.